The van der Waals surface area contributed by atoms with Crippen LogP contribution >= 0.6 is 11.6 Å². The zero-order chi connectivity index (χ0) is 12.4. The van der Waals surface area contributed by atoms with E-state index in [0.717, 1.165) is 0 Å². The summed E-state index contributed by atoms with van der Waals surface area (Å²) >= 11 is 5.77. The second kappa shape index (κ2) is 4.63. The quantitative estimate of drug-likeness (QED) is 0.853. The highest BCUT2D eigenvalue weighted by atomic mass is 35.5. The number of nitrogens with zero attached hydrogens (tertiary/aromatic N) is 3. The van der Waals surface area contributed by atoms with E-state index in [0.29, 0.717) is 22.5 Å². The highest BCUT2D eigenvalue weighted by molar-refractivity contribution is 6.29. The van der Waals surface area contributed by atoms with Gasteiger partial charge in [-0.15, -0.1) is 0 Å². The molecule has 2 heterocycles. The molecule has 0 unspecified atom stereocenters. The van der Waals surface area contributed by atoms with Crippen molar-refractivity contribution in [3.05, 3.63) is 29.7 Å². The molecule has 0 aliphatic heterocycles. The van der Waals surface area contributed by atoms with Gasteiger partial charge < -0.3 is 10.5 Å². The number of anilines is 1. The first-order valence-corrected chi connectivity index (χ1v) is 5.58. The Kier molecular flexibility index (Phi) is 3.19. The molecule has 2 rings (SSSR count). The third-order valence-corrected chi connectivity index (χ3v) is 2.39. The summed E-state index contributed by atoms with van der Waals surface area (Å²) in [6.07, 6.45) is 3.40. The largest absolute Gasteiger partial charge is 0.434 e. The lowest BCUT2D eigenvalue weighted by Gasteiger charge is -2.05. The minimum atomic E-state index is 0.275. The summed E-state index contributed by atoms with van der Waals surface area (Å²) in [5.41, 5.74) is 6.17. The molecule has 0 aromatic carbocycles. The molecule has 0 atom stereocenters. The molecule has 2 N–H and O–H groups in total. The van der Waals surface area contributed by atoms with E-state index in [1.165, 1.54) is 0 Å². The van der Waals surface area contributed by atoms with E-state index in [1.54, 1.807) is 29.2 Å². The fourth-order valence-electron chi connectivity index (χ4n) is 1.28. The minimum Gasteiger partial charge on any atom is -0.434 e. The number of ether oxygens (including phenoxy) is 1. The molecule has 0 spiro atoms. The van der Waals surface area contributed by atoms with Gasteiger partial charge in [0.25, 0.3) is 0 Å². The average molecular weight is 253 g/mol. The average Bonchev–Trinajstić information content (AvgIpc) is 2.72. The van der Waals surface area contributed by atoms with Crippen molar-refractivity contribution >= 4 is 17.3 Å². The van der Waals surface area contributed by atoms with Crippen molar-refractivity contribution in [1.82, 2.24) is 14.8 Å². The summed E-state index contributed by atoms with van der Waals surface area (Å²) in [5.74, 6) is 0.876. The van der Waals surface area contributed by atoms with Gasteiger partial charge >= 0.3 is 0 Å². The summed E-state index contributed by atoms with van der Waals surface area (Å²) in [4.78, 5) is 4.00. The smallest absolute Gasteiger partial charge is 0.244 e. The van der Waals surface area contributed by atoms with Gasteiger partial charge in [0.2, 0.25) is 5.88 Å². The van der Waals surface area contributed by atoms with Gasteiger partial charge in [0, 0.05) is 6.04 Å². The first-order chi connectivity index (χ1) is 8.06. The molecule has 5 nitrogen and oxygen atoms in total. The Bertz CT molecular complexity index is 524. The van der Waals surface area contributed by atoms with Crippen molar-refractivity contribution in [3.8, 4) is 11.6 Å². The van der Waals surface area contributed by atoms with Crippen molar-refractivity contribution in [2.24, 2.45) is 0 Å². The number of hydrogen-bond donors (Lipinski definition) is 1. The van der Waals surface area contributed by atoms with E-state index in [2.05, 4.69) is 10.1 Å². The maximum absolute atomic E-state index is 5.77. The summed E-state index contributed by atoms with van der Waals surface area (Å²) in [6.45, 7) is 4.06. The van der Waals surface area contributed by atoms with Crippen molar-refractivity contribution < 1.29 is 4.74 Å². The number of rotatable bonds is 3. The molecule has 0 amide bonds. The standard InChI is InChI=1S/C11H13ClN4O/c1-7(2)16-6-8(5-14-16)17-11-9(13)3-4-10(12)15-11/h3-7H,13H2,1-2H3. The van der Waals surface area contributed by atoms with Gasteiger partial charge in [0.1, 0.15) is 5.15 Å². The van der Waals surface area contributed by atoms with Crippen molar-refractivity contribution in [2.75, 3.05) is 5.73 Å². The summed E-state index contributed by atoms with van der Waals surface area (Å²) < 4.78 is 7.30. The van der Waals surface area contributed by atoms with Crippen LogP contribution in [0.1, 0.15) is 19.9 Å². The Balaban J connectivity index is 2.22. The lowest BCUT2D eigenvalue weighted by Crippen LogP contribution is -1.99. The van der Waals surface area contributed by atoms with Gasteiger partial charge in [0.15, 0.2) is 5.75 Å². The Labute approximate surface area is 104 Å². The molecule has 6 heteroatoms. The number of pyridine rings is 1. The van der Waals surface area contributed by atoms with E-state index in [-0.39, 0.29) is 6.04 Å². The second-order valence-corrected chi connectivity index (χ2v) is 4.27. The fraction of sp³-hybridized carbons (Fsp3) is 0.273. The fourth-order valence-corrected chi connectivity index (χ4v) is 1.42. The second-order valence-electron chi connectivity index (χ2n) is 3.88. The molecule has 0 bridgehead atoms. The van der Waals surface area contributed by atoms with Crippen LogP contribution in [-0.2, 0) is 0 Å². The number of nitrogen functional groups attached to an aromatic ring is 1. The van der Waals surface area contributed by atoms with Gasteiger partial charge in [-0.05, 0) is 26.0 Å². The number of halogens is 1. The zero-order valence-corrected chi connectivity index (χ0v) is 10.3. The normalized spacial score (nSPS) is 10.8. The van der Waals surface area contributed by atoms with E-state index in [4.69, 9.17) is 22.1 Å². The Hall–Kier alpha value is -1.75. The summed E-state index contributed by atoms with van der Waals surface area (Å²) in [5, 5.41) is 4.49. The highest BCUT2D eigenvalue weighted by Crippen LogP contribution is 2.26. The summed E-state index contributed by atoms with van der Waals surface area (Å²) in [6, 6.07) is 3.54. The third kappa shape index (κ3) is 2.68. The minimum absolute atomic E-state index is 0.275. The van der Waals surface area contributed by atoms with E-state index >= 15 is 0 Å². The predicted molar refractivity (Wildman–Crippen MR) is 66.3 cm³/mol. The monoisotopic (exact) mass is 252 g/mol. The molecule has 17 heavy (non-hydrogen) atoms. The van der Waals surface area contributed by atoms with Crippen LogP contribution < -0.4 is 10.5 Å². The highest BCUT2D eigenvalue weighted by Gasteiger charge is 2.08. The van der Waals surface area contributed by atoms with Crippen LogP contribution in [0.15, 0.2) is 24.5 Å². The van der Waals surface area contributed by atoms with Gasteiger partial charge in [-0.1, -0.05) is 11.6 Å². The first kappa shape index (κ1) is 11.7. The molecule has 2 aromatic heterocycles. The van der Waals surface area contributed by atoms with Crippen LogP contribution in [0, 0.1) is 0 Å². The number of hydrogen-bond acceptors (Lipinski definition) is 4. The van der Waals surface area contributed by atoms with Crippen molar-refractivity contribution in [1.29, 1.82) is 0 Å². The molecular weight excluding hydrogens is 240 g/mol. The molecule has 0 aliphatic carbocycles. The lowest BCUT2D eigenvalue weighted by atomic mass is 10.4. The molecule has 90 valence electrons. The van der Waals surface area contributed by atoms with Crippen LogP contribution in [0.4, 0.5) is 5.69 Å². The first-order valence-electron chi connectivity index (χ1n) is 5.20. The maximum Gasteiger partial charge on any atom is 0.244 e. The van der Waals surface area contributed by atoms with E-state index in [9.17, 15) is 0 Å². The Morgan fingerprint density at radius 1 is 1.41 bits per heavy atom. The topological polar surface area (TPSA) is 66.0 Å². The molecule has 0 aliphatic rings. The zero-order valence-electron chi connectivity index (χ0n) is 9.59. The summed E-state index contributed by atoms with van der Waals surface area (Å²) in [7, 11) is 0. The van der Waals surface area contributed by atoms with Crippen LogP contribution in [-0.4, -0.2) is 14.8 Å². The van der Waals surface area contributed by atoms with Crippen LogP contribution in [0.3, 0.4) is 0 Å². The molecule has 0 fully saturated rings. The maximum atomic E-state index is 5.77. The van der Waals surface area contributed by atoms with Crippen molar-refractivity contribution in [2.45, 2.75) is 19.9 Å². The van der Waals surface area contributed by atoms with Gasteiger partial charge in [-0.25, -0.2) is 0 Å². The number of aromatic nitrogens is 3. The number of nitrogens with two attached hydrogens (primary N) is 1. The van der Waals surface area contributed by atoms with Gasteiger partial charge in [-0.3, -0.25) is 4.68 Å². The predicted octanol–water partition coefficient (Wildman–Crippen LogP) is 2.89. The molecule has 2 aromatic rings. The Morgan fingerprint density at radius 3 is 2.82 bits per heavy atom. The van der Waals surface area contributed by atoms with Gasteiger partial charge in [-0.2, -0.15) is 10.1 Å². The molecular formula is C11H13ClN4O. The van der Waals surface area contributed by atoms with Crippen LogP contribution in [0.25, 0.3) is 0 Å². The van der Waals surface area contributed by atoms with E-state index < -0.39 is 0 Å². The van der Waals surface area contributed by atoms with Crippen LogP contribution in [0.5, 0.6) is 11.6 Å². The Morgan fingerprint density at radius 2 is 2.18 bits per heavy atom. The third-order valence-electron chi connectivity index (χ3n) is 2.18. The van der Waals surface area contributed by atoms with Gasteiger partial charge in [0.05, 0.1) is 18.1 Å². The van der Waals surface area contributed by atoms with E-state index in [1.807, 2.05) is 13.8 Å². The molecule has 0 saturated carbocycles. The van der Waals surface area contributed by atoms with Crippen molar-refractivity contribution in [3.63, 3.8) is 0 Å². The SMILES string of the molecule is CC(C)n1cc(Oc2nc(Cl)ccc2N)cn1. The molecule has 0 radical (unpaired) electrons. The van der Waals surface area contributed by atoms with Crippen LogP contribution in [0.2, 0.25) is 5.15 Å². The molecule has 0 saturated heterocycles. The lowest BCUT2D eigenvalue weighted by molar-refractivity contribution is 0.461.